The third kappa shape index (κ3) is 4.17. The summed E-state index contributed by atoms with van der Waals surface area (Å²) in [5.74, 6) is 0.212. The summed E-state index contributed by atoms with van der Waals surface area (Å²) in [5, 5.41) is 12.0. The fraction of sp³-hybridized carbons (Fsp3) is 0.286. The van der Waals surface area contributed by atoms with Gasteiger partial charge < -0.3 is 14.6 Å². The summed E-state index contributed by atoms with van der Waals surface area (Å²) in [5.41, 5.74) is 1.66. The molecule has 1 aromatic heterocycles. The lowest BCUT2D eigenvalue weighted by Gasteiger charge is -2.16. The predicted molar refractivity (Wildman–Crippen MR) is 107 cm³/mol. The Morgan fingerprint density at radius 3 is 2.54 bits per heavy atom. The first-order valence-corrected chi connectivity index (χ1v) is 9.74. The zero-order valence-electron chi connectivity index (χ0n) is 15.3. The predicted octanol–water partition coefficient (Wildman–Crippen LogP) is 3.77. The highest BCUT2D eigenvalue weighted by molar-refractivity contribution is 6.31. The Balaban J connectivity index is 1.56. The van der Waals surface area contributed by atoms with Gasteiger partial charge in [0.2, 0.25) is 11.8 Å². The molecule has 7 heteroatoms. The van der Waals surface area contributed by atoms with Gasteiger partial charge in [-0.15, -0.1) is 5.10 Å². The number of carbonyl (C=O) groups is 1. The summed E-state index contributed by atoms with van der Waals surface area (Å²) in [4.78, 5) is 14.8. The van der Waals surface area contributed by atoms with Gasteiger partial charge in [0.05, 0.1) is 6.42 Å². The molecular weight excluding hydrogens is 376 g/mol. The molecule has 1 aliphatic rings. The molecule has 0 radical (unpaired) electrons. The highest BCUT2D eigenvalue weighted by atomic mass is 35.5. The number of amides is 1. The van der Waals surface area contributed by atoms with Crippen molar-refractivity contribution >= 4 is 23.5 Å². The van der Waals surface area contributed by atoms with Crippen molar-refractivity contribution in [2.75, 3.05) is 18.0 Å². The van der Waals surface area contributed by atoms with Crippen molar-refractivity contribution in [3.8, 4) is 0 Å². The molecule has 0 saturated carbocycles. The summed E-state index contributed by atoms with van der Waals surface area (Å²) in [7, 11) is 0. The molecule has 28 heavy (non-hydrogen) atoms. The van der Waals surface area contributed by atoms with Crippen LogP contribution in [0, 0.1) is 0 Å². The molecule has 144 valence electrons. The number of benzene rings is 2. The van der Waals surface area contributed by atoms with Gasteiger partial charge in [-0.05, 0) is 30.0 Å². The zero-order valence-corrected chi connectivity index (χ0v) is 16.1. The van der Waals surface area contributed by atoms with Crippen LogP contribution in [0.5, 0.6) is 0 Å². The summed E-state index contributed by atoms with van der Waals surface area (Å²) < 4.78 is 5.92. The zero-order chi connectivity index (χ0) is 19.3. The molecule has 1 fully saturated rings. The highest BCUT2D eigenvalue weighted by Crippen LogP contribution is 2.26. The van der Waals surface area contributed by atoms with Crippen molar-refractivity contribution in [3.63, 3.8) is 0 Å². The third-order valence-electron chi connectivity index (χ3n) is 4.80. The maximum atomic E-state index is 12.7. The Hall–Kier alpha value is -2.86. The van der Waals surface area contributed by atoms with Crippen LogP contribution in [0.25, 0.3) is 0 Å². The smallest absolute Gasteiger partial charge is 0.318 e. The number of halogens is 1. The second kappa shape index (κ2) is 8.44. The first kappa shape index (κ1) is 18.5. The largest absolute Gasteiger partial charge is 0.405 e. The number of hydrogen-bond donors (Lipinski definition) is 1. The normalized spacial score (nSPS) is 14.8. The van der Waals surface area contributed by atoms with E-state index in [-0.39, 0.29) is 12.3 Å². The lowest BCUT2D eigenvalue weighted by molar-refractivity contribution is -0.121. The molecule has 2 aromatic carbocycles. The Kier molecular flexibility index (Phi) is 5.58. The quantitative estimate of drug-likeness (QED) is 0.686. The van der Waals surface area contributed by atoms with Gasteiger partial charge in [-0.3, -0.25) is 4.79 Å². The van der Waals surface area contributed by atoms with Crippen molar-refractivity contribution in [3.05, 3.63) is 76.6 Å². The first-order chi connectivity index (χ1) is 13.7. The molecule has 1 atom stereocenters. The minimum atomic E-state index is -0.514. The van der Waals surface area contributed by atoms with Crippen LogP contribution in [0.15, 0.2) is 59.0 Å². The Bertz CT molecular complexity index is 938. The lowest BCUT2D eigenvalue weighted by atomic mass is 10.1. The molecule has 4 rings (SSSR count). The van der Waals surface area contributed by atoms with E-state index in [1.807, 2.05) is 48.5 Å². The van der Waals surface area contributed by atoms with Crippen LogP contribution >= 0.6 is 11.6 Å². The first-order valence-electron chi connectivity index (χ1n) is 9.37. The van der Waals surface area contributed by atoms with Crippen molar-refractivity contribution in [1.82, 2.24) is 15.5 Å². The van der Waals surface area contributed by atoms with Crippen molar-refractivity contribution in [2.24, 2.45) is 0 Å². The van der Waals surface area contributed by atoms with Crippen molar-refractivity contribution < 1.29 is 9.21 Å². The third-order valence-corrected chi connectivity index (χ3v) is 5.17. The number of hydrogen-bond acceptors (Lipinski definition) is 5. The molecule has 1 N–H and O–H groups in total. The van der Waals surface area contributed by atoms with E-state index in [2.05, 4.69) is 20.4 Å². The summed E-state index contributed by atoms with van der Waals surface area (Å²) >= 11 is 6.19. The molecule has 2 heterocycles. The minimum Gasteiger partial charge on any atom is -0.405 e. The molecule has 1 amide bonds. The fourth-order valence-electron chi connectivity index (χ4n) is 3.34. The number of anilines is 1. The van der Waals surface area contributed by atoms with E-state index in [0.717, 1.165) is 37.1 Å². The van der Waals surface area contributed by atoms with Crippen LogP contribution in [0.2, 0.25) is 5.02 Å². The van der Waals surface area contributed by atoms with Gasteiger partial charge in [0, 0.05) is 18.1 Å². The van der Waals surface area contributed by atoms with E-state index in [4.69, 9.17) is 16.0 Å². The van der Waals surface area contributed by atoms with Crippen LogP contribution in [-0.4, -0.2) is 29.2 Å². The topological polar surface area (TPSA) is 71.3 Å². The number of nitrogens with one attached hydrogen (secondary N) is 1. The van der Waals surface area contributed by atoms with Gasteiger partial charge in [0.1, 0.15) is 6.04 Å². The number of nitrogens with zero attached hydrogens (tertiary/aromatic N) is 3. The van der Waals surface area contributed by atoms with E-state index in [9.17, 15) is 4.79 Å². The number of rotatable bonds is 6. The SMILES string of the molecule is O=C(Cc1ccccc1Cl)NC(c1ccccc1)c1nnc(N2CCCC2)o1. The summed E-state index contributed by atoms with van der Waals surface area (Å²) in [6, 6.07) is 16.9. The van der Waals surface area contributed by atoms with Gasteiger partial charge in [-0.25, -0.2) is 0 Å². The van der Waals surface area contributed by atoms with E-state index in [1.165, 1.54) is 0 Å². The maximum absolute atomic E-state index is 12.7. The molecule has 3 aromatic rings. The standard InChI is InChI=1S/C21H21ClN4O2/c22-17-11-5-4-10-16(17)14-18(27)23-19(15-8-2-1-3-9-15)20-24-25-21(28-20)26-12-6-7-13-26/h1-5,8-11,19H,6-7,12-14H2,(H,23,27). The monoisotopic (exact) mass is 396 g/mol. The molecule has 1 unspecified atom stereocenters. The van der Waals surface area contributed by atoms with Crippen LogP contribution in [0.1, 0.15) is 35.9 Å². The van der Waals surface area contributed by atoms with Gasteiger partial charge in [0.25, 0.3) is 0 Å². The van der Waals surface area contributed by atoms with Crippen molar-refractivity contribution in [2.45, 2.75) is 25.3 Å². The molecule has 1 aliphatic heterocycles. The Labute approximate surface area is 168 Å². The van der Waals surface area contributed by atoms with Crippen LogP contribution in [0.4, 0.5) is 6.01 Å². The van der Waals surface area contributed by atoms with E-state index >= 15 is 0 Å². The van der Waals surface area contributed by atoms with Crippen LogP contribution < -0.4 is 10.2 Å². The fourth-order valence-corrected chi connectivity index (χ4v) is 3.54. The van der Waals surface area contributed by atoms with E-state index in [1.54, 1.807) is 6.07 Å². The average molecular weight is 397 g/mol. The second-order valence-electron chi connectivity index (χ2n) is 6.80. The van der Waals surface area contributed by atoms with E-state index in [0.29, 0.717) is 16.9 Å². The van der Waals surface area contributed by atoms with Gasteiger partial charge in [0.15, 0.2) is 0 Å². The number of carbonyl (C=O) groups excluding carboxylic acids is 1. The van der Waals surface area contributed by atoms with Crippen LogP contribution in [-0.2, 0) is 11.2 Å². The van der Waals surface area contributed by atoms with Gasteiger partial charge >= 0.3 is 6.01 Å². The Morgan fingerprint density at radius 2 is 1.79 bits per heavy atom. The second-order valence-corrected chi connectivity index (χ2v) is 7.20. The summed E-state index contributed by atoms with van der Waals surface area (Å²) in [6.07, 6.45) is 2.42. The molecule has 6 nitrogen and oxygen atoms in total. The lowest BCUT2D eigenvalue weighted by Crippen LogP contribution is -2.31. The molecular formula is C21H21ClN4O2. The molecule has 0 aliphatic carbocycles. The molecule has 1 saturated heterocycles. The molecule has 0 bridgehead atoms. The maximum Gasteiger partial charge on any atom is 0.318 e. The van der Waals surface area contributed by atoms with Crippen LogP contribution in [0.3, 0.4) is 0 Å². The van der Waals surface area contributed by atoms with Gasteiger partial charge in [-0.1, -0.05) is 65.2 Å². The Morgan fingerprint density at radius 1 is 1.07 bits per heavy atom. The highest BCUT2D eigenvalue weighted by Gasteiger charge is 2.25. The summed E-state index contributed by atoms with van der Waals surface area (Å²) in [6.45, 7) is 1.83. The number of aromatic nitrogens is 2. The minimum absolute atomic E-state index is 0.164. The molecule has 0 spiro atoms. The van der Waals surface area contributed by atoms with E-state index < -0.39 is 6.04 Å². The van der Waals surface area contributed by atoms with Crippen molar-refractivity contribution in [1.29, 1.82) is 0 Å². The average Bonchev–Trinajstić information content (AvgIpc) is 3.40. The van der Waals surface area contributed by atoms with Gasteiger partial charge in [-0.2, -0.15) is 0 Å².